The first-order chi connectivity index (χ1) is 10.3. The van der Waals surface area contributed by atoms with E-state index in [9.17, 15) is 0 Å². The highest BCUT2D eigenvalue weighted by molar-refractivity contribution is 5.28. The highest BCUT2D eigenvalue weighted by Crippen LogP contribution is 2.20. The van der Waals surface area contributed by atoms with Gasteiger partial charge in [-0.05, 0) is 36.2 Å². The number of hydrogen-bond acceptors (Lipinski definition) is 4. The molecule has 0 spiro atoms. The average molecular weight is 284 g/mol. The molecule has 1 fully saturated rings. The molecular formula is C17H20N2O2. The summed E-state index contributed by atoms with van der Waals surface area (Å²) in [6.45, 7) is 2.96. The van der Waals surface area contributed by atoms with Gasteiger partial charge in [-0.15, -0.1) is 0 Å². The molecule has 4 nitrogen and oxygen atoms in total. The van der Waals surface area contributed by atoms with Gasteiger partial charge in [0.25, 0.3) is 0 Å². The Bertz CT molecular complexity index is 574. The van der Waals surface area contributed by atoms with E-state index in [2.05, 4.69) is 22.0 Å². The molecule has 2 aromatic rings. The van der Waals surface area contributed by atoms with Crippen molar-refractivity contribution in [2.45, 2.75) is 19.1 Å². The molecular weight excluding hydrogens is 264 g/mol. The third-order valence-electron chi connectivity index (χ3n) is 3.72. The quantitative estimate of drug-likeness (QED) is 0.845. The van der Waals surface area contributed by atoms with Gasteiger partial charge < -0.3 is 9.47 Å². The van der Waals surface area contributed by atoms with E-state index in [4.69, 9.17) is 9.47 Å². The second-order valence-electron chi connectivity index (χ2n) is 5.30. The average Bonchev–Trinajstić information content (AvgIpc) is 2.95. The summed E-state index contributed by atoms with van der Waals surface area (Å²) in [7, 11) is 1.70. The maximum absolute atomic E-state index is 5.98. The maximum Gasteiger partial charge on any atom is 0.122 e. The van der Waals surface area contributed by atoms with E-state index in [0.29, 0.717) is 0 Å². The molecule has 1 aliphatic heterocycles. The molecule has 1 aromatic carbocycles. The van der Waals surface area contributed by atoms with E-state index in [0.717, 1.165) is 37.6 Å². The summed E-state index contributed by atoms with van der Waals surface area (Å²) in [4.78, 5) is 6.42. The summed E-state index contributed by atoms with van der Waals surface area (Å²) in [5.74, 6) is 1.81. The molecule has 0 saturated carbocycles. The third-order valence-corrected chi connectivity index (χ3v) is 3.72. The smallest absolute Gasteiger partial charge is 0.122 e. The van der Waals surface area contributed by atoms with Crippen LogP contribution in [0.1, 0.15) is 12.0 Å². The van der Waals surface area contributed by atoms with Crippen molar-refractivity contribution in [1.82, 2.24) is 9.88 Å². The Hall–Kier alpha value is -2.07. The number of benzene rings is 1. The molecule has 110 valence electrons. The van der Waals surface area contributed by atoms with Crippen molar-refractivity contribution in [2.24, 2.45) is 0 Å². The van der Waals surface area contributed by atoms with Crippen molar-refractivity contribution in [2.75, 3.05) is 20.2 Å². The van der Waals surface area contributed by atoms with Crippen LogP contribution in [-0.2, 0) is 6.54 Å². The number of nitrogens with zero attached hydrogens (tertiary/aromatic N) is 2. The molecule has 0 radical (unpaired) electrons. The molecule has 1 aliphatic rings. The van der Waals surface area contributed by atoms with Gasteiger partial charge in [0.05, 0.1) is 7.11 Å². The number of pyridine rings is 1. The number of rotatable bonds is 5. The Morgan fingerprint density at radius 1 is 1.19 bits per heavy atom. The Kier molecular flexibility index (Phi) is 4.36. The summed E-state index contributed by atoms with van der Waals surface area (Å²) in [6.07, 6.45) is 4.85. The predicted octanol–water partition coefficient (Wildman–Crippen LogP) is 2.74. The molecule has 0 N–H and O–H groups in total. The molecule has 1 atom stereocenters. The first-order valence-electron chi connectivity index (χ1n) is 7.25. The van der Waals surface area contributed by atoms with Gasteiger partial charge in [0, 0.05) is 32.0 Å². The van der Waals surface area contributed by atoms with Crippen LogP contribution in [0.3, 0.4) is 0 Å². The van der Waals surface area contributed by atoms with Crippen molar-refractivity contribution in [1.29, 1.82) is 0 Å². The van der Waals surface area contributed by atoms with Crippen LogP contribution in [0.25, 0.3) is 0 Å². The summed E-state index contributed by atoms with van der Waals surface area (Å²) < 4.78 is 11.3. The number of methoxy groups -OCH3 is 1. The van der Waals surface area contributed by atoms with Gasteiger partial charge in [0.1, 0.15) is 17.6 Å². The molecule has 0 unspecified atom stereocenters. The van der Waals surface area contributed by atoms with Crippen LogP contribution in [0.4, 0.5) is 0 Å². The normalized spacial score (nSPS) is 18.6. The fourth-order valence-electron chi connectivity index (χ4n) is 2.68. The van der Waals surface area contributed by atoms with Crippen LogP contribution in [0, 0.1) is 0 Å². The third kappa shape index (κ3) is 3.73. The van der Waals surface area contributed by atoms with Crippen molar-refractivity contribution in [3.8, 4) is 11.5 Å². The number of hydrogen-bond donors (Lipinski definition) is 0. The molecule has 21 heavy (non-hydrogen) atoms. The number of ether oxygens (including phenoxy) is 2. The van der Waals surface area contributed by atoms with Crippen LogP contribution in [0.2, 0.25) is 0 Å². The minimum atomic E-state index is 0.262. The predicted molar refractivity (Wildman–Crippen MR) is 81.5 cm³/mol. The molecule has 1 saturated heterocycles. The topological polar surface area (TPSA) is 34.6 Å². The second-order valence-corrected chi connectivity index (χ2v) is 5.30. The molecule has 0 bridgehead atoms. The Morgan fingerprint density at radius 2 is 2.05 bits per heavy atom. The van der Waals surface area contributed by atoms with Gasteiger partial charge >= 0.3 is 0 Å². The maximum atomic E-state index is 5.98. The van der Waals surface area contributed by atoms with Gasteiger partial charge in [-0.3, -0.25) is 9.88 Å². The van der Waals surface area contributed by atoms with Gasteiger partial charge in [0.15, 0.2) is 0 Å². The number of aromatic nitrogens is 1. The zero-order chi connectivity index (χ0) is 14.5. The fraction of sp³-hybridized carbons (Fsp3) is 0.353. The summed E-state index contributed by atoms with van der Waals surface area (Å²) in [5, 5.41) is 0. The molecule has 1 aromatic heterocycles. The van der Waals surface area contributed by atoms with Crippen molar-refractivity contribution < 1.29 is 9.47 Å². The molecule has 0 amide bonds. The second kappa shape index (κ2) is 6.59. The van der Waals surface area contributed by atoms with Crippen molar-refractivity contribution >= 4 is 0 Å². The Labute approximate surface area is 125 Å². The summed E-state index contributed by atoms with van der Waals surface area (Å²) >= 11 is 0. The lowest BCUT2D eigenvalue weighted by molar-refractivity contribution is 0.198. The van der Waals surface area contributed by atoms with Crippen LogP contribution in [-0.4, -0.2) is 36.2 Å². The number of likely N-dealkylation sites (tertiary alicyclic amines) is 1. The van der Waals surface area contributed by atoms with Gasteiger partial charge in [-0.2, -0.15) is 0 Å². The zero-order valence-electron chi connectivity index (χ0n) is 12.2. The van der Waals surface area contributed by atoms with Gasteiger partial charge in [-0.1, -0.05) is 12.1 Å². The fourth-order valence-corrected chi connectivity index (χ4v) is 2.68. The lowest BCUT2D eigenvalue weighted by atomic mass is 10.2. The van der Waals surface area contributed by atoms with Crippen LogP contribution in [0.15, 0.2) is 48.8 Å². The monoisotopic (exact) mass is 284 g/mol. The van der Waals surface area contributed by atoms with E-state index < -0.39 is 0 Å². The molecule has 4 heteroatoms. The Balaban J connectivity index is 1.54. The van der Waals surface area contributed by atoms with E-state index >= 15 is 0 Å². The van der Waals surface area contributed by atoms with Gasteiger partial charge in [0.2, 0.25) is 0 Å². The minimum Gasteiger partial charge on any atom is -0.497 e. The van der Waals surface area contributed by atoms with E-state index in [-0.39, 0.29) is 6.10 Å². The van der Waals surface area contributed by atoms with Crippen molar-refractivity contribution in [3.63, 3.8) is 0 Å². The van der Waals surface area contributed by atoms with E-state index in [1.54, 1.807) is 19.5 Å². The van der Waals surface area contributed by atoms with E-state index in [1.165, 1.54) is 5.56 Å². The van der Waals surface area contributed by atoms with E-state index in [1.807, 2.05) is 24.3 Å². The minimum absolute atomic E-state index is 0.262. The highest BCUT2D eigenvalue weighted by Gasteiger charge is 2.23. The first-order valence-corrected chi connectivity index (χ1v) is 7.25. The lowest BCUT2D eigenvalue weighted by Crippen LogP contribution is -2.24. The standard InChI is InChI=1S/C17H20N2O2/c1-20-16-4-2-3-14(11-16)12-19-10-7-17(13-19)21-15-5-8-18-9-6-15/h2-6,8-9,11,17H,7,10,12-13H2,1H3/t17-/m1/s1. The molecule has 2 heterocycles. The Morgan fingerprint density at radius 3 is 2.86 bits per heavy atom. The van der Waals surface area contributed by atoms with Crippen LogP contribution in [0.5, 0.6) is 11.5 Å². The lowest BCUT2D eigenvalue weighted by Gasteiger charge is -2.17. The summed E-state index contributed by atoms with van der Waals surface area (Å²) in [6, 6.07) is 12.1. The SMILES string of the molecule is COc1cccc(CN2CC[C@@H](Oc3ccncc3)C2)c1. The zero-order valence-corrected chi connectivity index (χ0v) is 12.2. The van der Waals surface area contributed by atoms with Crippen molar-refractivity contribution in [3.05, 3.63) is 54.4 Å². The van der Waals surface area contributed by atoms with Gasteiger partial charge in [-0.25, -0.2) is 0 Å². The molecule has 0 aliphatic carbocycles. The summed E-state index contributed by atoms with van der Waals surface area (Å²) in [5.41, 5.74) is 1.28. The molecule has 3 rings (SSSR count). The van der Waals surface area contributed by atoms with Crippen LogP contribution >= 0.6 is 0 Å². The first kappa shape index (κ1) is 13.9. The highest BCUT2D eigenvalue weighted by atomic mass is 16.5. The van der Waals surface area contributed by atoms with Crippen LogP contribution < -0.4 is 9.47 Å². The largest absolute Gasteiger partial charge is 0.497 e.